The van der Waals surface area contributed by atoms with Crippen LogP contribution in [0.5, 0.6) is 5.75 Å². The zero-order valence-electron chi connectivity index (χ0n) is 11.9. The second-order valence-corrected chi connectivity index (χ2v) is 4.64. The molecule has 0 radical (unpaired) electrons. The average Bonchev–Trinajstić information content (AvgIpc) is 2.47. The number of ether oxygens (including phenoxy) is 1. The number of hydrogen-bond acceptors (Lipinski definition) is 4. The summed E-state index contributed by atoms with van der Waals surface area (Å²) in [4.78, 5) is 0. The molecule has 0 unspecified atom stereocenters. The molecule has 2 N–H and O–H groups in total. The maximum atomic E-state index is 10.1. The van der Waals surface area contributed by atoms with Gasteiger partial charge in [0, 0.05) is 0 Å². The van der Waals surface area contributed by atoms with Crippen molar-refractivity contribution >= 4 is 5.71 Å². The Labute approximate surface area is 114 Å². The van der Waals surface area contributed by atoms with E-state index >= 15 is 0 Å². The van der Waals surface area contributed by atoms with Gasteiger partial charge >= 0.3 is 0 Å². The lowest BCUT2D eigenvalue weighted by molar-refractivity contribution is -0.0113. The van der Waals surface area contributed by atoms with Gasteiger partial charge in [0.25, 0.3) is 0 Å². The third-order valence-electron chi connectivity index (χ3n) is 3.47. The third kappa shape index (κ3) is 4.24. The van der Waals surface area contributed by atoms with Crippen molar-refractivity contribution < 1.29 is 15.1 Å². The first kappa shape index (κ1) is 15.5. The van der Waals surface area contributed by atoms with Gasteiger partial charge in [-0.3, -0.25) is 0 Å². The highest BCUT2D eigenvalue weighted by Crippen LogP contribution is 2.19. The Morgan fingerprint density at radius 3 is 2.16 bits per heavy atom. The van der Waals surface area contributed by atoms with E-state index in [4.69, 9.17) is 9.94 Å². The maximum Gasteiger partial charge on any atom is 0.119 e. The molecule has 0 aliphatic heterocycles. The van der Waals surface area contributed by atoms with E-state index in [1.807, 2.05) is 45.0 Å². The van der Waals surface area contributed by atoms with Crippen molar-refractivity contribution in [3.8, 4) is 5.75 Å². The fraction of sp³-hybridized carbons (Fsp3) is 0.533. The summed E-state index contributed by atoms with van der Waals surface area (Å²) in [5.74, 6) is 0.706. The van der Waals surface area contributed by atoms with E-state index in [2.05, 4.69) is 5.16 Å². The van der Waals surface area contributed by atoms with Gasteiger partial charge < -0.3 is 15.1 Å². The van der Waals surface area contributed by atoms with Crippen LogP contribution in [-0.4, -0.2) is 28.2 Å². The summed E-state index contributed by atoms with van der Waals surface area (Å²) < 4.78 is 5.60. The SMILES string of the molecule is CC/C(=N/O)c1ccc(OCC(O)(CC)CC)cc1. The van der Waals surface area contributed by atoms with E-state index in [9.17, 15) is 5.11 Å². The Morgan fingerprint density at radius 2 is 1.74 bits per heavy atom. The predicted molar refractivity (Wildman–Crippen MR) is 76.1 cm³/mol. The minimum atomic E-state index is -0.764. The minimum Gasteiger partial charge on any atom is -0.491 e. The molecule has 0 fully saturated rings. The van der Waals surface area contributed by atoms with Gasteiger partial charge in [-0.1, -0.05) is 25.9 Å². The van der Waals surface area contributed by atoms with E-state index < -0.39 is 5.60 Å². The van der Waals surface area contributed by atoms with Crippen LogP contribution >= 0.6 is 0 Å². The van der Waals surface area contributed by atoms with Crippen molar-refractivity contribution in [2.24, 2.45) is 5.16 Å². The van der Waals surface area contributed by atoms with Gasteiger partial charge in [-0.15, -0.1) is 0 Å². The molecule has 4 nitrogen and oxygen atoms in total. The lowest BCUT2D eigenvalue weighted by Gasteiger charge is -2.25. The van der Waals surface area contributed by atoms with Crippen molar-refractivity contribution in [3.05, 3.63) is 29.8 Å². The Morgan fingerprint density at radius 1 is 1.16 bits per heavy atom. The highest BCUT2D eigenvalue weighted by Gasteiger charge is 2.22. The van der Waals surface area contributed by atoms with Crippen molar-refractivity contribution in [1.82, 2.24) is 0 Å². The average molecular weight is 265 g/mol. The van der Waals surface area contributed by atoms with E-state index in [-0.39, 0.29) is 6.61 Å². The van der Waals surface area contributed by atoms with Crippen LogP contribution in [0.2, 0.25) is 0 Å². The molecule has 0 heterocycles. The summed E-state index contributed by atoms with van der Waals surface area (Å²) in [6.45, 7) is 6.11. The van der Waals surface area contributed by atoms with Gasteiger partial charge in [0.15, 0.2) is 0 Å². The van der Waals surface area contributed by atoms with E-state index in [1.165, 1.54) is 0 Å². The Kier molecular flexibility index (Phi) is 5.83. The fourth-order valence-electron chi connectivity index (χ4n) is 1.75. The number of rotatable bonds is 7. The molecule has 1 aromatic rings. The highest BCUT2D eigenvalue weighted by atomic mass is 16.5. The summed E-state index contributed by atoms with van der Waals surface area (Å²) in [6, 6.07) is 7.35. The monoisotopic (exact) mass is 265 g/mol. The molecule has 0 spiro atoms. The molecular weight excluding hydrogens is 242 g/mol. The van der Waals surface area contributed by atoms with Crippen LogP contribution in [0.1, 0.15) is 45.6 Å². The van der Waals surface area contributed by atoms with Gasteiger partial charge in [0.05, 0.1) is 11.3 Å². The molecule has 106 valence electrons. The molecule has 0 aliphatic rings. The van der Waals surface area contributed by atoms with Crippen molar-refractivity contribution in [2.75, 3.05) is 6.61 Å². The van der Waals surface area contributed by atoms with Crippen LogP contribution in [0.15, 0.2) is 29.4 Å². The maximum absolute atomic E-state index is 10.1. The van der Waals surface area contributed by atoms with Crippen molar-refractivity contribution in [3.63, 3.8) is 0 Å². The van der Waals surface area contributed by atoms with Crippen LogP contribution in [0.25, 0.3) is 0 Å². The Bertz CT molecular complexity index is 408. The zero-order valence-corrected chi connectivity index (χ0v) is 11.9. The predicted octanol–water partition coefficient (Wildman–Crippen LogP) is 3.20. The van der Waals surface area contributed by atoms with E-state index in [1.54, 1.807) is 0 Å². The van der Waals surface area contributed by atoms with Gasteiger partial charge in [-0.05, 0) is 49.1 Å². The van der Waals surface area contributed by atoms with E-state index in [0.29, 0.717) is 30.7 Å². The molecule has 0 amide bonds. The molecule has 0 saturated carbocycles. The third-order valence-corrected chi connectivity index (χ3v) is 3.47. The topological polar surface area (TPSA) is 62.1 Å². The fourth-order valence-corrected chi connectivity index (χ4v) is 1.75. The highest BCUT2D eigenvalue weighted by molar-refractivity contribution is 6.00. The van der Waals surface area contributed by atoms with Crippen LogP contribution in [-0.2, 0) is 0 Å². The lowest BCUT2D eigenvalue weighted by atomic mass is 9.99. The number of aliphatic hydroxyl groups is 1. The summed E-state index contributed by atoms with van der Waals surface area (Å²) in [5, 5.41) is 22.2. The number of hydrogen-bond donors (Lipinski definition) is 2. The van der Waals surface area contributed by atoms with E-state index in [0.717, 1.165) is 5.56 Å². The first-order valence-electron chi connectivity index (χ1n) is 6.75. The lowest BCUT2D eigenvalue weighted by Crippen LogP contribution is -2.34. The minimum absolute atomic E-state index is 0.286. The molecule has 0 bridgehead atoms. The van der Waals surface area contributed by atoms with Gasteiger partial charge in [-0.25, -0.2) is 0 Å². The first-order chi connectivity index (χ1) is 9.08. The summed E-state index contributed by atoms with van der Waals surface area (Å²) >= 11 is 0. The molecular formula is C15H23NO3. The molecule has 19 heavy (non-hydrogen) atoms. The van der Waals surface area contributed by atoms with Crippen molar-refractivity contribution in [1.29, 1.82) is 0 Å². The van der Waals surface area contributed by atoms with Gasteiger partial charge in [-0.2, -0.15) is 0 Å². The molecule has 0 atom stereocenters. The Balaban J connectivity index is 2.68. The Hall–Kier alpha value is -1.55. The smallest absolute Gasteiger partial charge is 0.119 e. The molecule has 0 aromatic heterocycles. The molecule has 4 heteroatoms. The number of nitrogens with zero attached hydrogens (tertiary/aromatic N) is 1. The second-order valence-electron chi connectivity index (χ2n) is 4.64. The zero-order chi connectivity index (χ0) is 14.3. The largest absolute Gasteiger partial charge is 0.491 e. The first-order valence-corrected chi connectivity index (χ1v) is 6.75. The molecule has 1 rings (SSSR count). The summed E-state index contributed by atoms with van der Waals surface area (Å²) in [5.41, 5.74) is 0.753. The van der Waals surface area contributed by atoms with Gasteiger partial charge in [0.1, 0.15) is 12.4 Å². The molecule has 0 aliphatic carbocycles. The second kappa shape index (κ2) is 7.14. The summed E-state index contributed by atoms with van der Waals surface area (Å²) in [7, 11) is 0. The standard InChI is InChI=1S/C15H23NO3/c1-4-14(16-18)12-7-9-13(10-8-12)19-11-15(17,5-2)6-3/h7-10,17-18H,4-6,11H2,1-3H3/b16-14-. The van der Waals surface area contributed by atoms with Crippen LogP contribution in [0, 0.1) is 0 Å². The number of oxime groups is 1. The molecule has 1 aromatic carbocycles. The van der Waals surface area contributed by atoms with Crippen LogP contribution < -0.4 is 4.74 Å². The van der Waals surface area contributed by atoms with Crippen LogP contribution in [0.4, 0.5) is 0 Å². The summed E-state index contributed by atoms with van der Waals surface area (Å²) in [6.07, 6.45) is 2.00. The quantitative estimate of drug-likeness (QED) is 0.452. The normalized spacial score (nSPS) is 12.5. The van der Waals surface area contributed by atoms with Gasteiger partial charge in [0.2, 0.25) is 0 Å². The molecule has 0 saturated heterocycles. The van der Waals surface area contributed by atoms with Crippen LogP contribution in [0.3, 0.4) is 0 Å². The number of benzene rings is 1. The van der Waals surface area contributed by atoms with Crippen molar-refractivity contribution in [2.45, 2.75) is 45.6 Å².